The number of aromatic nitrogens is 2. The number of nitrogens with one attached hydrogen (secondary N) is 2. The van der Waals surface area contributed by atoms with Crippen molar-refractivity contribution >= 4 is 33.8 Å². The molecule has 0 aliphatic rings. The van der Waals surface area contributed by atoms with E-state index in [1.165, 1.54) is 0 Å². The van der Waals surface area contributed by atoms with Gasteiger partial charge in [-0.2, -0.15) is 0 Å². The van der Waals surface area contributed by atoms with Gasteiger partial charge in [0.25, 0.3) is 0 Å². The molecule has 0 atom stereocenters. The lowest BCUT2D eigenvalue weighted by molar-refractivity contribution is 0.0701. The van der Waals surface area contributed by atoms with E-state index in [1.807, 2.05) is 0 Å². The molecule has 0 spiro atoms. The number of anilines is 1. The Balaban J connectivity index is 2.07. The maximum atomic E-state index is 10.9. The first-order valence-electron chi connectivity index (χ1n) is 4.67. The molecule has 0 saturated heterocycles. The van der Waals surface area contributed by atoms with E-state index in [9.17, 15) is 9.59 Å². The first-order chi connectivity index (χ1) is 8.06. The molecular formula is C9H9N3O3S2. The Kier molecular flexibility index (Phi) is 3.25. The summed E-state index contributed by atoms with van der Waals surface area (Å²) in [6.07, 6.45) is 0. The topological polar surface area (TPSA) is 95.1 Å². The second kappa shape index (κ2) is 4.68. The van der Waals surface area contributed by atoms with E-state index in [4.69, 9.17) is 5.11 Å². The van der Waals surface area contributed by atoms with Crippen molar-refractivity contribution < 1.29 is 9.90 Å². The fraction of sp³-hybridized carbons (Fsp3) is 0.222. The molecule has 0 radical (unpaired) electrons. The van der Waals surface area contributed by atoms with Crippen molar-refractivity contribution in [2.45, 2.75) is 13.5 Å². The van der Waals surface area contributed by atoms with Crippen molar-refractivity contribution in [2.24, 2.45) is 0 Å². The van der Waals surface area contributed by atoms with Crippen LogP contribution in [0.4, 0.5) is 5.13 Å². The quantitative estimate of drug-likeness (QED) is 0.783. The Morgan fingerprint density at radius 3 is 2.94 bits per heavy atom. The summed E-state index contributed by atoms with van der Waals surface area (Å²) in [6, 6.07) is 0. The summed E-state index contributed by atoms with van der Waals surface area (Å²) >= 11 is 2.17. The number of carbonyl (C=O) groups is 1. The van der Waals surface area contributed by atoms with Crippen LogP contribution >= 0.6 is 22.7 Å². The molecule has 0 unspecified atom stereocenters. The molecule has 0 aliphatic heterocycles. The van der Waals surface area contributed by atoms with Crippen LogP contribution in [0.25, 0.3) is 0 Å². The van der Waals surface area contributed by atoms with E-state index in [0.717, 1.165) is 28.4 Å². The van der Waals surface area contributed by atoms with Crippen LogP contribution < -0.4 is 10.2 Å². The summed E-state index contributed by atoms with van der Waals surface area (Å²) < 4.78 is 0. The zero-order chi connectivity index (χ0) is 12.4. The molecule has 90 valence electrons. The predicted molar refractivity (Wildman–Crippen MR) is 66.1 cm³/mol. The number of H-pyrrole nitrogens is 1. The van der Waals surface area contributed by atoms with E-state index in [1.54, 1.807) is 12.3 Å². The Bertz CT molecular complexity index is 599. The van der Waals surface area contributed by atoms with E-state index >= 15 is 0 Å². The molecule has 2 heterocycles. The third-order valence-corrected chi connectivity index (χ3v) is 3.81. The van der Waals surface area contributed by atoms with Crippen LogP contribution in [-0.4, -0.2) is 21.0 Å². The maximum absolute atomic E-state index is 10.9. The van der Waals surface area contributed by atoms with Crippen molar-refractivity contribution in [1.29, 1.82) is 0 Å². The van der Waals surface area contributed by atoms with Gasteiger partial charge in [0.05, 0.1) is 12.2 Å². The molecule has 3 N–H and O–H groups in total. The summed E-state index contributed by atoms with van der Waals surface area (Å²) in [7, 11) is 0. The molecule has 8 heteroatoms. The van der Waals surface area contributed by atoms with Crippen LogP contribution in [0.1, 0.15) is 21.1 Å². The van der Waals surface area contributed by atoms with E-state index in [2.05, 4.69) is 15.3 Å². The number of rotatable bonds is 4. The molecule has 2 aromatic rings. The number of aryl methyl sites for hydroxylation is 1. The molecule has 6 nitrogen and oxygen atoms in total. The van der Waals surface area contributed by atoms with Gasteiger partial charge in [-0.25, -0.2) is 9.78 Å². The number of thiazole rings is 2. The average molecular weight is 271 g/mol. The van der Waals surface area contributed by atoms with Gasteiger partial charge in [0.15, 0.2) is 5.13 Å². The second-order valence-electron chi connectivity index (χ2n) is 3.27. The molecule has 0 saturated carbocycles. The minimum Gasteiger partial charge on any atom is -0.477 e. The summed E-state index contributed by atoms with van der Waals surface area (Å²) in [5.41, 5.74) is 1.24. The van der Waals surface area contributed by atoms with Gasteiger partial charge in [-0.1, -0.05) is 22.7 Å². The molecule has 0 aromatic carbocycles. The lowest BCUT2D eigenvalue weighted by Gasteiger charge is -1.98. The summed E-state index contributed by atoms with van der Waals surface area (Å²) in [5, 5.41) is 14.1. The summed E-state index contributed by atoms with van der Waals surface area (Å²) in [5.74, 6) is -0.975. The first-order valence-corrected chi connectivity index (χ1v) is 6.37. The SMILES string of the molecule is Cc1nc(NCc2csc(=O)[nH]2)sc1C(=O)O. The van der Waals surface area contributed by atoms with Gasteiger partial charge in [-0.15, -0.1) is 0 Å². The largest absolute Gasteiger partial charge is 0.477 e. The normalized spacial score (nSPS) is 10.4. The van der Waals surface area contributed by atoms with Gasteiger partial charge in [-0.3, -0.25) is 4.79 Å². The van der Waals surface area contributed by atoms with Gasteiger partial charge in [-0.05, 0) is 6.92 Å². The van der Waals surface area contributed by atoms with Crippen molar-refractivity contribution in [2.75, 3.05) is 5.32 Å². The van der Waals surface area contributed by atoms with Gasteiger partial charge < -0.3 is 15.4 Å². The van der Waals surface area contributed by atoms with Crippen LogP contribution in [0.5, 0.6) is 0 Å². The van der Waals surface area contributed by atoms with Crippen molar-refractivity contribution in [3.8, 4) is 0 Å². The smallest absolute Gasteiger partial charge is 0.347 e. The zero-order valence-electron chi connectivity index (χ0n) is 8.81. The number of aromatic carboxylic acids is 1. The lowest BCUT2D eigenvalue weighted by Crippen LogP contribution is -2.02. The summed E-state index contributed by atoms with van der Waals surface area (Å²) in [4.78, 5) is 28.6. The van der Waals surface area contributed by atoms with E-state index in [0.29, 0.717) is 17.4 Å². The highest BCUT2D eigenvalue weighted by molar-refractivity contribution is 7.17. The number of carboxylic acid groups (broad SMARTS) is 1. The maximum Gasteiger partial charge on any atom is 0.347 e. The van der Waals surface area contributed by atoms with Crippen LogP contribution in [0, 0.1) is 6.92 Å². The molecule has 17 heavy (non-hydrogen) atoms. The fourth-order valence-electron chi connectivity index (χ4n) is 1.24. The van der Waals surface area contributed by atoms with Crippen LogP contribution in [0.2, 0.25) is 0 Å². The number of hydrogen-bond donors (Lipinski definition) is 3. The summed E-state index contributed by atoms with van der Waals surface area (Å²) in [6.45, 7) is 2.07. The molecule has 0 fully saturated rings. The molecular weight excluding hydrogens is 262 g/mol. The highest BCUT2D eigenvalue weighted by Crippen LogP contribution is 2.22. The second-order valence-corrected chi connectivity index (χ2v) is 5.11. The minimum absolute atomic E-state index is 0.108. The third-order valence-electron chi connectivity index (χ3n) is 1.99. The average Bonchev–Trinajstić information content (AvgIpc) is 2.82. The van der Waals surface area contributed by atoms with Crippen molar-refractivity contribution in [3.63, 3.8) is 0 Å². The number of carboxylic acids is 1. The molecule has 0 aliphatic carbocycles. The molecule has 0 amide bonds. The number of nitrogens with zero attached hydrogens (tertiary/aromatic N) is 1. The Hall–Kier alpha value is -1.67. The van der Waals surface area contributed by atoms with Gasteiger partial charge >= 0.3 is 10.8 Å². The standard InChI is InChI=1S/C9H9N3O3S2/c1-4-6(7(13)14)17-8(11-4)10-2-5-3-16-9(15)12-5/h3H,2H2,1H3,(H,10,11)(H,12,15)(H,13,14). The highest BCUT2D eigenvalue weighted by atomic mass is 32.1. The van der Waals surface area contributed by atoms with Crippen molar-refractivity contribution in [3.05, 3.63) is 31.3 Å². The van der Waals surface area contributed by atoms with E-state index < -0.39 is 5.97 Å². The minimum atomic E-state index is -0.975. The molecule has 2 aromatic heterocycles. The first kappa shape index (κ1) is 11.8. The predicted octanol–water partition coefficient (Wildman–Crippen LogP) is 1.51. The van der Waals surface area contributed by atoms with Crippen LogP contribution in [0.15, 0.2) is 10.2 Å². The van der Waals surface area contributed by atoms with E-state index in [-0.39, 0.29) is 9.75 Å². The molecule has 0 bridgehead atoms. The van der Waals surface area contributed by atoms with Gasteiger partial charge in [0, 0.05) is 11.1 Å². The van der Waals surface area contributed by atoms with Crippen molar-refractivity contribution in [1.82, 2.24) is 9.97 Å². The number of aromatic amines is 1. The number of hydrogen-bond acceptors (Lipinski definition) is 6. The lowest BCUT2D eigenvalue weighted by atomic mass is 10.4. The Morgan fingerprint density at radius 1 is 1.65 bits per heavy atom. The monoisotopic (exact) mass is 271 g/mol. The van der Waals surface area contributed by atoms with Crippen LogP contribution in [0.3, 0.4) is 0 Å². The van der Waals surface area contributed by atoms with Gasteiger partial charge in [0.2, 0.25) is 0 Å². The Labute approximate surface area is 104 Å². The highest BCUT2D eigenvalue weighted by Gasteiger charge is 2.13. The third kappa shape index (κ3) is 2.71. The van der Waals surface area contributed by atoms with Crippen LogP contribution in [-0.2, 0) is 6.54 Å². The Morgan fingerprint density at radius 2 is 2.41 bits per heavy atom. The fourth-order valence-corrected chi connectivity index (χ4v) is 2.62. The zero-order valence-corrected chi connectivity index (χ0v) is 10.4. The van der Waals surface area contributed by atoms with Gasteiger partial charge in [0.1, 0.15) is 4.88 Å². The molecule has 2 rings (SSSR count).